The summed E-state index contributed by atoms with van der Waals surface area (Å²) in [5.74, 6) is -0.698. The maximum atomic E-state index is 11.2. The first-order chi connectivity index (χ1) is 8.19. The molecule has 0 heterocycles. The van der Waals surface area contributed by atoms with Crippen molar-refractivity contribution >= 4 is 12.0 Å². The molecule has 1 saturated carbocycles. The SMILES string of the molecule is CNCC=Cc1ccc(C2(C(=O)O)CC2)cc1. The van der Waals surface area contributed by atoms with Crippen LogP contribution in [0.5, 0.6) is 0 Å². The standard InChI is InChI=1S/C14H17NO2/c1-15-10-2-3-11-4-6-12(7-5-11)14(8-9-14)13(16)17/h2-7,15H,8-10H2,1H3,(H,16,17). The lowest BCUT2D eigenvalue weighted by Gasteiger charge is -2.09. The average molecular weight is 231 g/mol. The fourth-order valence-corrected chi connectivity index (χ4v) is 1.98. The number of carboxylic acid groups (broad SMARTS) is 1. The second-order valence-corrected chi connectivity index (χ2v) is 4.47. The number of rotatable bonds is 5. The zero-order valence-corrected chi connectivity index (χ0v) is 9.94. The number of benzene rings is 1. The summed E-state index contributed by atoms with van der Waals surface area (Å²) < 4.78 is 0. The summed E-state index contributed by atoms with van der Waals surface area (Å²) in [6, 6.07) is 7.81. The normalized spacial score (nSPS) is 17.2. The molecule has 2 rings (SSSR count). The summed E-state index contributed by atoms with van der Waals surface area (Å²) in [5, 5.41) is 12.2. The zero-order chi connectivity index (χ0) is 12.3. The molecule has 1 aromatic carbocycles. The fraction of sp³-hybridized carbons (Fsp3) is 0.357. The Kier molecular flexibility index (Phi) is 3.29. The first-order valence-electron chi connectivity index (χ1n) is 5.84. The lowest BCUT2D eigenvalue weighted by molar-refractivity contribution is -0.140. The Morgan fingerprint density at radius 2 is 2.06 bits per heavy atom. The molecular formula is C14H17NO2. The van der Waals surface area contributed by atoms with Gasteiger partial charge in [0.05, 0.1) is 5.41 Å². The van der Waals surface area contributed by atoms with Crippen molar-refractivity contribution in [2.75, 3.05) is 13.6 Å². The van der Waals surface area contributed by atoms with E-state index in [2.05, 4.69) is 5.32 Å². The number of nitrogens with one attached hydrogen (secondary N) is 1. The monoisotopic (exact) mass is 231 g/mol. The van der Waals surface area contributed by atoms with Crippen LogP contribution in [0.2, 0.25) is 0 Å². The Bertz CT molecular complexity index is 430. The fourth-order valence-electron chi connectivity index (χ4n) is 1.98. The van der Waals surface area contributed by atoms with E-state index in [0.717, 1.165) is 30.5 Å². The van der Waals surface area contributed by atoms with E-state index < -0.39 is 11.4 Å². The predicted molar refractivity (Wildman–Crippen MR) is 68.0 cm³/mol. The molecule has 0 radical (unpaired) electrons. The van der Waals surface area contributed by atoms with E-state index in [-0.39, 0.29) is 0 Å². The molecule has 0 aromatic heterocycles. The highest BCUT2D eigenvalue weighted by Gasteiger charge is 2.51. The highest BCUT2D eigenvalue weighted by atomic mass is 16.4. The van der Waals surface area contributed by atoms with Crippen LogP contribution in [-0.2, 0) is 10.2 Å². The van der Waals surface area contributed by atoms with E-state index in [1.165, 1.54) is 0 Å². The lowest BCUT2D eigenvalue weighted by Crippen LogP contribution is -2.19. The first kappa shape index (κ1) is 11.9. The van der Waals surface area contributed by atoms with E-state index in [0.29, 0.717) is 0 Å². The first-order valence-corrected chi connectivity index (χ1v) is 5.84. The van der Waals surface area contributed by atoms with E-state index in [1.54, 1.807) is 0 Å². The lowest BCUT2D eigenvalue weighted by atomic mass is 9.95. The summed E-state index contributed by atoms with van der Waals surface area (Å²) in [6.07, 6.45) is 5.59. The molecule has 1 aromatic rings. The highest BCUT2D eigenvalue weighted by Crippen LogP contribution is 2.48. The van der Waals surface area contributed by atoms with Crippen molar-refractivity contribution in [2.45, 2.75) is 18.3 Å². The minimum atomic E-state index is -0.698. The van der Waals surface area contributed by atoms with Gasteiger partial charge in [-0.05, 0) is 31.0 Å². The van der Waals surface area contributed by atoms with Gasteiger partial charge in [0, 0.05) is 6.54 Å². The van der Waals surface area contributed by atoms with E-state index >= 15 is 0 Å². The molecule has 17 heavy (non-hydrogen) atoms. The molecule has 1 fully saturated rings. The molecule has 0 aliphatic heterocycles. The van der Waals surface area contributed by atoms with Crippen molar-refractivity contribution in [2.24, 2.45) is 0 Å². The molecule has 1 aliphatic rings. The molecule has 0 spiro atoms. The maximum absolute atomic E-state index is 11.2. The molecule has 0 unspecified atom stereocenters. The molecule has 3 nitrogen and oxygen atoms in total. The second-order valence-electron chi connectivity index (χ2n) is 4.47. The largest absolute Gasteiger partial charge is 0.481 e. The van der Waals surface area contributed by atoms with Crippen LogP contribution < -0.4 is 5.32 Å². The van der Waals surface area contributed by atoms with E-state index in [9.17, 15) is 9.90 Å². The van der Waals surface area contributed by atoms with Crippen LogP contribution in [-0.4, -0.2) is 24.7 Å². The molecule has 2 N–H and O–H groups in total. The molecule has 0 bridgehead atoms. The van der Waals surface area contributed by atoms with Crippen molar-refractivity contribution in [1.29, 1.82) is 0 Å². The summed E-state index contributed by atoms with van der Waals surface area (Å²) in [5.41, 5.74) is 1.44. The van der Waals surface area contributed by atoms with Crippen LogP contribution in [0, 0.1) is 0 Å². The number of carboxylic acids is 1. The van der Waals surface area contributed by atoms with Crippen LogP contribution >= 0.6 is 0 Å². The number of aliphatic carboxylic acids is 1. The summed E-state index contributed by atoms with van der Waals surface area (Å²) in [7, 11) is 1.90. The van der Waals surface area contributed by atoms with Crippen LogP contribution in [0.25, 0.3) is 6.08 Å². The third-order valence-electron chi connectivity index (χ3n) is 3.25. The third kappa shape index (κ3) is 2.39. The van der Waals surface area contributed by atoms with Gasteiger partial charge in [-0.2, -0.15) is 0 Å². The van der Waals surface area contributed by atoms with Gasteiger partial charge >= 0.3 is 5.97 Å². The van der Waals surface area contributed by atoms with E-state index in [1.807, 2.05) is 43.5 Å². The third-order valence-corrected chi connectivity index (χ3v) is 3.25. The number of likely N-dealkylation sites (N-methyl/N-ethyl adjacent to an activating group) is 1. The Balaban J connectivity index is 2.11. The molecule has 1 aliphatic carbocycles. The Morgan fingerprint density at radius 1 is 1.41 bits per heavy atom. The summed E-state index contributed by atoms with van der Waals surface area (Å²) >= 11 is 0. The van der Waals surface area contributed by atoms with Gasteiger partial charge < -0.3 is 10.4 Å². The van der Waals surface area contributed by atoms with E-state index in [4.69, 9.17) is 0 Å². The molecule has 0 amide bonds. The number of carbonyl (C=O) groups is 1. The maximum Gasteiger partial charge on any atom is 0.314 e. The smallest absolute Gasteiger partial charge is 0.314 e. The van der Waals surface area contributed by atoms with Crippen LogP contribution in [0.1, 0.15) is 24.0 Å². The predicted octanol–water partition coefficient (Wildman–Crippen LogP) is 2.04. The quantitative estimate of drug-likeness (QED) is 0.815. The van der Waals surface area contributed by atoms with Gasteiger partial charge in [0.2, 0.25) is 0 Å². The van der Waals surface area contributed by atoms with Gasteiger partial charge in [-0.1, -0.05) is 36.4 Å². The molecule has 90 valence electrons. The van der Waals surface area contributed by atoms with Gasteiger partial charge in [0.15, 0.2) is 0 Å². The number of hydrogen-bond acceptors (Lipinski definition) is 2. The molecule has 0 saturated heterocycles. The number of hydrogen-bond donors (Lipinski definition) is 2. The van der Waals surface area contributed by atoms with Crippen LogP contribution in [0.4, 0.5) is 0 Å². The van der Waals surface area contributed by atoms with Gasteiger partial charge in [-0.3, -0.25) is 4.79 Å². The van der Waals surface area contributed by atoms with Gasteiger partial charge in [0.1, 0.15) is 0 Å². The van der Waals surface area contributed by atoms with Crippen LogP contribution in [0.15, 0.2) is 30.3 Å². The summed E-state index contributed by atoms with van der Waals surface area (Å²) in [6.45, 7) is 0.834. The average Bonchev–Trinajstić information content (AvgIpc) is 3.11. The van der Waals surface area contributed by atoms with Crippen molar-refractivity contribution in [3.63, 3.8) is 0 Å². The second kappa shape index (κ2) is 4.72. The Morgan fingerprint density at radius 3 is 2.53 bits per heavy atom. The molecule has 0 atom stereocenters. The van der Waals surface area contributed by atoms with Crippen LogP contribution in [0.3, 0.4) is 0 Å². The van der Waals surface area contributed by atoms with Gasteiger partial charge in [-0.15, -0.1) is 0 Å². The highest BCUT2D eigenvalue weighted by molar-refractivity contribution is 5.85. The van der Waals surface area contributed by atoms with Crippen molar-refractivity contribution < 1.29 is 9.90 Å². The minimum absolute atomic E-state index is 0.590. The Labute approximate surface area is 101 Å². The van der Waals surface area contributed by atoms with Crippen molar-refractivity contribution in [3.8, 4) is 0 Å². The topological polar surface area (TPSA) is 49.3 Å². The van der Waals surface area contributed by atoms with Gasteiger partial charge in [0.25, 0.3) is 0 Å². The van der Waals surface area contributed by atoms with Crippen molar-refractivity contribution in [3.05, 3.63) is 41.5 Å². The Hall–Kier alpha value is -1.61. The van der Waals surface area contributed by atoms with Gasteiger partial charge in [-0.25, -0.2) is 0 Å². The molecular weight excluding hydrogens is 214 g/mol. The summed E-state index contributed by atoms with van der Waals surface area (Å²) in [4.78, 5) is 11.2. The minimum Gasteiger partial charge on any atom is -0.481 e. The molecule has 3 heteroatoms. The zero-order valence-electron chi connectivity index (χ0n) is 9.94. The van der Waals surface area contributed by atoms with Crippen molar-refractivity contribution in [1.82, 2.24) is 5.32 Å².